The van der Waals surface area contributed by atoms with Gasteiger partial charge in [0.25, 0.3) is 10.0 Å². The van der Waals surface area contributed by atoms with Crippen LogP contribution in [-0.4, -0.2) is 23.2 Å². The van der Waals surface area contributed by atoms with E-state index in [-0.39, 0.29) is 0 Å². The molecule has 3 rings (SSSR count). The van der Waals surface area contributed by atoms with E-state index in [2.05, 4.69) is 30.8 Å². The molecule has 132 valence electrons. The number of anilines is 1. The molecule has 3 aromatic rings. The highest BCUT2D eigenvalue weighted by Gasteiger charge is 2.19. The molecule has 0 saturated carbocycles. The van der Waals surface area contributed by atoms with Crippen molar-refractivity contribution in [3.8, 4) is 0 Å². The van der Waals surface area contributed by atoms with Gasteiger partial charge in [0.1, 0.15) is 10.5 Å². The SMILES string of the molecule is CCc1ccc(S(=O)(=O)Nc2cc(Br)ccc2Sc2nncn2C)s1. The van der Waals surface area contributed by atoms with Crippen LogP contribution in [0.5, 0.6) is 0 Å². The molecule has 0 fully saturated rings. The van der Waals surface area contributed by atoms with Crippen LogP contribution < -0.4 is 4.72 Å². The Kier molecular flexibility index (Phi) is 5.52. The minimum atomic E-state index is -3.64. The monoisotopic (exact) mass is 458 g/mol. The molecule has 0 bridgehead atoms. The summed E-state index contributed by atoms with van der Waals surface area (Å²) in [5.41, 5.74) is 0.494. The topological polar surface area (TPSA) is 76.9 Å². The van der Waals surface area contributed by atoms with Crippen LogP contribution in [0, 0.1) is 0 Å². The number of rotatable bonds is 6. The van der Waals surface area contributed by atoms with Crippen molar-refractivity contribution < 1.29 is 8.42 Å². The molecule has 1 N–H and O–H groups in total. The van der Waals surface area contributed by atoms with Crippen molar-refractivity contribution in [3.05, 3.63) is 46.0 Å². The van der Waals surface area contributed by atoms with Gasteiger partial charge in [0.2, 0.25) is 0 Å². The first kappa shape index (κ1) is 18.4. The summed E-state index contributed by atoms with van der Waals surface area (Å²) in [6.45, 7) is 2.00. The predicted octanol–water partition coefficient (Wildman–Crippen LogP) is 4.15. The summed E-state index contributed by atoms with van der Waals surface area (Å²) in [5.74, 6) is 0. The van der Waals surface area contributed by atoms with Gasteiger partial charge in [-0.15, -0.1) is 21.5 Å². The summed E-state index contributed by atoms with van der Waals surface area (Å²) in [5, 5.41) is 8.55. The summed E-state index contributed by atoms with van der Waals surface area (Å²) >= 11 is 6.02. The Hall–Kier alpha value is -1.36. The molecule has 0 aliphatic carbocycles. The lowest BCUT2D eigenvalue weighted by Gasteiger charge is -2.11. The maximum Gasteiger partial charge on any atom is 0.271 e. The first-order valence-electron chi connectivity index (χ1n) is 7.32. The van der Waals surface area contributed by atoms with Crippen molar-refractivity contribution in [1.29, 1.82) is 0 Å². The summed E-state index contributed by atoms with van der Waals surface area (Å²) in [7, 11) is -1.80. The standard InChI is InChI=1S/C15H15BrN4O2S3/c1-3-11-5-7-14(23-11)25(21,22)19-12-8-10(16)4-6-13(12)24-15-18-17-9-20(15)2/h4-9,19H,3H2,1-2H3. The van der Waals surface area contributed by atoms with Gasteiger partial charge in [0, 0.05) is 21.3 Å². The molecule has 0 atom stereocenters. The summed E-state index contributed by atoms with van der Waals surface area (Å²) < 4.78 is 31.0. The van der Waals surface area contributed by atoms with E-state index in [4.69, 9.17) is 0 Å². The molecule has 2 heterocycles. The van der Waals surface area contributed by atoms with Gasteiger partial charge in [-0.1, -0.05) is 22.9 Å². The van der Waals surface area contributed by atoms with Gasteiger partial charge >= 0.3 is 0 Å². The van der Waals surface area contributed by atoms with Crippen LogP contribution in [-0.2, 0) is 23.5 Å². The van der Waals surface area contributed by atoms with Crippen molar-refractivity contribution in [2.45, 2.75) is 27.6 Å². The highest BCUT2D eigenvalue weighted by molar-refractivity contribution is 9.10. The quantitative estimate of drug-likeness (QED) is 0.599. The van der Waals surface area contributed by atoms with Crippen molar-refractivity contribution in [2.24, 2.45) is 7.05 Å². The second-order valence-electron chi connectivity index (χ2n) is 5.15. The second kappa shape index (κ2) is 7.48. The largest absolute Gasteiger partial charge is 0.311 e. The maximum atomic E-state index is 12.7. The molecule has 10 heteroatoms. The first-order chi connectivity index (χ1) is 11.9. The minimum Gasteiger partial charge on any atom is -0.311 e. The van der Waals surface area contributed by atoms with E-state index in [1.807, 2.05) is 32.2 Å². The molecule has 1 aromatic carbocycles. The number of hydrogen-bond acceptors (Lipinski definition) is 6. The zero-order chi connectivity index (χ0) is 18.0. The Morgan fingerprint density at radius 3 is 2.76 bits per heavy atom. The van der Waals surface area contributed by atoms with Crippen molar-refractivity contribution in [2.75, 3.05) is 4.72 Å². The van der Waals surface area contributed by atoms with E-state index in [1.54, 1.807) is 23.0 Å². The van der Waals surface area contributed by atoms with E-state index < -0.39 is 10.0 Å². The van der Waals surface area contributed by atoms with Crippen LogP contribution in [0.1, 0.15) is 11.8 Å². The second-order valence-corrected chi connectivity index (χ2v) is 10.1. The minimum absolute atomic E-state index is 0.305. The Bertz CT molecular complexity index is 998. The molecule has 2 aromatic heterocycles. The number of aromatic nitrogens is 3. The molecular weight excluding hydrogens is 444 g/mol. The lowest BCUT2D eigenvalue weighted by molar-refractivity contribution is 0.603. The summed E-state index contributed by atoms with van der Waals surface area (Å²) in [6, 6.07) is 8.92. The number of hydrogen-bond donors (Lipinski definition) is 1. The van der Waals surface area contributed by atoms with Crippen LogP contribution in [0.15, 0.2) is 55.4 Å². The number of halogens is 1. The first-order valence-corrected chi connectivity index (χ1v) is 11.2. The zero-order valence-electron chi connectivity index (χ0n) is 13.4. The Morgan fingerprint density at radius 2 is 2.12 bits per heavy atom. The molecule has 0 amide bonds. The van der Waals surface area contributed by atoms with Gasteiger partial charge in [0.15, 0.2) is 5.16 Å². The normalized spacial score (nSPS) is 11.6. The van der Waals surface area contributed by atoms with E-state index in [0.717, 1.165) is 20.7 Å². The summed E-state index contributed by atoms with van der Waals surface area (Å²) in [6.07, 6.45) is 2.41. The molecular formula is C15H15BrN4O2S3. The fraction of sp³-hybridized carbons (Fsp3) is 0.200. The molecule has 0 aliphatic heterocycles. The van der Waals surface area contributed by atoms with Crippen LogP contribution in [0.25, 0.3) is 0 Å². The lowest BCUT2D eigenvalue weighted by atomic mass is 10.3. The average Bonchev–Trinajstić information content (AvgIpc) is 3.19. The molecule has 25 heavy (non-hydrogen) atoms. The van der Waals surface area contributed by atoms with Gasteiger partial charge in [0.05, 0.1) is 5.69 Å². The van der Waals surface area contributed by atoms with Gasteiger partial charge in [-0.2, -0.15) is 0 Å². The molecule has 0 spiro atoms. The van der Waals surface area contributed by atoms with Crippen molar-refractivity contribution >= 4 is 54.7 Å². The third kappa shape index (κ3) is 4.25. The zero-order valence-corrected chi connectivity index (χ0v) is 17.5. The van der Waals surface area contributed by atoms with Crippen LogP contribution >= 0.6 is 39.0 Å². The summed E-state index contributed by atoms with van der Waals surface area (Å²) in [4.78, 5) is 1.78. The van der Waals surface area contributed by atoms with Crippen LogP contribution in [0.3, 0.4) is 0 Å². The van der Waals surface area contributed by atoms with Crippen LogP contribution in [0.2, 0.25) is 0 Å². The molecule has 6 nitrogen and oxygen atoms in total. The molecule has 0 aliphatic rings. The van der Waals surface area contributed by atoms with Crippen molar-refractivity contribution in [1.82, 2.24) is 14.8 Å². The molecule has 0 radical (unpaired) electrons. The number of sulfonamides is 1. The molecule has 0 saturated heterocycles. The Morgan fingerprint density at radius 1 is 1.32 bits per heavy atom. The third-order valence-corrected chi connectivity index (χ3v) is 8.02. The smallest absolute Gasteiger partial charge is 0.271 e. The Balaban J connectivity index is 1.93. The maximum absolute atomic E-state index is 12.7. The van der Waals surface area contributed by atoms with Gasteiger partial charge in [-0.25, -0.2) is 8.42 Å². The third-order valence-electron chi connectivity index (χ3n) is 3.31. The van der Waals surface area contributed by atoms with Crippen LogP contribution in [0.4, 0.5) is 5.69 Å². The highest BCUT2D eigenvalue weighted by Crippen LogP contribution is 2.35. The van der Waals surface area contributed by atoms with E-state index in [1.165, 1.54) is 23.1 Å². The van der Waals surface area contributed by atoms with Gasteiger partial charge in [-0.05, 0) is 48.5 Å². The number of nitrogens with one attached hydrogen (secondary N) is 1. The molecule has 0 unspecified atom stereocenters. The fourth-order valence-corrected chi connectivity index (χ4v) is 5.65. The Labute approximate surface area is 162 Å². The van der Waals surface area contributed by atoms with Gasteiger partial charge < -0.3 is 4.57 Å². The fourth-order valence-electron chi connectivity index (χ4n) is 2.02. The number of benzene rings is 1. The predicted molar refractivity (Wildman–Crippen MR) is 104 cm³/mol. The highest BCUT2D eigenvalue weighted by atomic mass is 79.9. The number of nitrogens with zero attached hydrogens (tertiary/aromatic N) is 3. The van der Waals surface area contributed by atoms with E-state index in [9.17, 15) is 8.42 Å². The van der Waals surface area contributed by atoms with Gasteiger partial charge in [-0.3, -0.25) is 4.72 Å². The lowest BCUT2D eigenvalue weighted by Crippen LogP contribution is -2.12. The van der Waals surface area contributed by atoms with E-state index in [0.29, 0.717) is 15.1 Å². The number of aryl methyl sites for hydroxylation is 2. The number of thiophene rings is 1. The van der Waals surface area contributed by atoms with Crippen molar-refractivity contribution in [3.63, 3.8) is 0 Å². The average molecular weight is 459 g/mol. The van der Waals surface area contributed by atoms with E-state index >= 15 is 0 Å².